The molecule has 0 bridgehead atoms. The fraction of sp³-hybridized carbons (Fsp3) is 0.909. The molecule has 0 unspecified atom stereocenters. The minimum atomic E-state index is 0.846. The van der Waals surface area contributed by atoms with E-state index in [4.69, 9.17) is 5.73 Å². The normalized spacial score (nSPS) is 12.0. The van der Waals surface area contributed by atoms with Crippen molar-refractivity contribution in [1.29, 1.82) is 0 Å². The first-order valence-corrected chi connectivity index (χ1v) is 5.60. The summed E-state index contributed by atoms with van der Waals surface area (Å²) in [7, 11) is 0. The Morgan fingerprint density at radius 3 is 2.31 bits per heavy atom. The molecule has 2 heteroatoms. The largest absolute Gasteiger partial charge is 0.387 e. The van der Waals surface area contributed by atoms with E-state index in [1.807, 2.05) is 0 Å². The second-order valence-electron chi connectivity index (χ2n) is 3.54. The summed E-state index contributed by atoms with van der Waals surface area (Å²) < 4.78 is 0. The zero-order valence-electron chi connectivity index (χ0n) is 9.18. The van der Waals surface area contributed by atoms with Crippen LogP contribution in [0.1, 0.15) is 58.8 Å². The van der Waals surface area contributed by atoms with Gasteiger partial charge in [0.15, 0.2) is 0 Å². The van der Waals surface area contributed by atoms with E-state index in [0.29, 0.717) is 0 Å². The van der Waals surface area contributed by atoms with Gasteiger partial charge in [-0.15, -0.1) is 0 Å². The molecule has 0 heterocycles. The van der Waals surface area contributed by atoms with E-state index >= 15 is 0 Å². The smallest absolute Gasteiger partial charge is 0.0937 e. The zero-order valence-corrected chi connectivity index (χ0v) is 9.18. The molecular formula is C11H24N2. The summed E-state index contributed by atoms with van der Waals surface area (Å²) in [5.74, 6) is 0.846. The summed E-state index contributed by atoms with van der Waals surface area (Å²) in [5.41, 5.74) is 5.72. The molecule has 0 aromatic heterocycles. The highest BCUT2D eigenvalue weighted by atomic mass is 14.8. The highest BCUT2D eigenvalue weighted by Gasteiger charge is 1.91. The van der Waals surface area contributed by atoms with Crippen LogP contribution in [0.15, 0.2) is 4.99 Å². The number of nitrogens with zero attached hydrogens (tertiary/aromatic N) is 1. The summed E-state index contributed by atoms with van der Waals surface area (Å²) in [6.45, 7) is 5.32. The summed E-state index contributed by atoms with van der Waals surface area (Å²) in [4.78, 5) is 4.33. The zero-order chi connectivity index (χ0) is 9.94. The molecule has 0 fully saturated rings. The van der Waals surface area contributed by atoms with Gasteiger partial charge >= 0.3 is 0 Å². The lowest BCUT2D eigenvalue weighted by atomic mass is 10.2. The second kappa shape index (κ2) is 9.56. The third-order valence-corrected chi connectivity index (χ3v) is 2.11. The number of aliphatic imine (C=N–C) groups is 1. The minimum Gasteiger partial charge on any atom is -0.387 e. The fourth-order valence-electron chi connectivity index (χ4n) is 1.20. The predicted molar refractivity (Wildman–Crippen MR) is 60.2 cm³/mol. The fourth-order valence-corrected chi connectivity index (χ4v) is 1.20. The summed E-state index contributed by atoms with van der Waals surface area (Å²) in [6.07, 6.45) is 8.45. The van der Waals surface area contributed by atoms with Gasteiger partial charge in [0, 0.05) is 13.0 Å². The molecular weight excluding hydrogens is 160 g/mol. The molecule has 0 aliphatic heterocycles. The molecule has 2 nitrogen and oxygen atoms in total. The Hall–Kier alpha value is -0.530. The maximum absolute atomic E-state index is 5.72. The van der Waals surface area contributed by atoms with Crippen molar-refractivity contribution in [3.63, 3.8) is 0 Å². The average molecular weight is 184 g/mol. The number of amidine groups is 1. The van der Waals surface area contributed by atoms with Crippen molar-refractivity contribution in [3.8, 4) is 0 Å². The van der Waals surface area contributed by atoms with Crippen LogP contribution in [0.4, 0.5) is 0 Å². The lowest BCUT2D eigenvalue weighted by Gasteiger charge is -1.99. The van der Waals surface area contributed by atoms with Crippen molar-refractivity contribution in [2.75, 3.05) is 6.54 Å². The number of hydrogen-bond donors (Lipinski definition) is 1. The van der Waals surface area contributed by atoms with Crippen LogP contribution in [-0.2, 0) is 0 Å². The van der Waals surface area contributed by atoms with Crippen LogP contribution in [0.5, 0.6) is 0 Å². The second-order valence-corrected chi connectivity index (χ2v) is 3.54. The highest BCUT2D eigenvalue weighted by Crippen LogP contribution is 1.99. The molecule has 0 radical (unpaired) electrons. The van der Waals surface area contributed by atoms with Crippen LogP contribution >= 0.6 is 0 Å². The van der Waals surface area contributed by atoms with Crippen molar-refractivity contribution in [1.82, 2.24) is 0 Å². The van der Waals surface area contributed by atoms with E-state index in [1.54, 1.807) is 0 Å². The van der Waals surface area contributed by atoms with E-state index in [1.165, 1.54) is 38.5 Å². The van der Waals surface area contributed by atoms with Crippen LogP contribution < -0.4 is 5.73 Å². The number of nitrogens with two attached hydrogens (primary N) is 1. The van der Waals surface area contributed by atoms with Crippen molar-refractivity contribution in [2.24, 2.45) is 10.7 Å². The van der Waals surface area contributed by atoms with E-state index in [9.17, 15) is 0 Å². The van der Waals surface area contributed by atoms with Gasteiger partial charge in [-0.25, -0.2) is 0 Å². The van der Waals surface area contributed by atoms with Gasteiger partial charge in [-0.1, -0.05) is 39.5 Å². The standard InChI is InChI=1S/C11H24N2/c1-3-5-7-8-10-13-11(12)9-6-4-2/h3-10H2,1-2H3,(H2,12,13). The topological polar surface area (TPSA) is 38.4 Å². The monoisotopic (exact) mass is 184 g/mol. The van der Waals surface area contributed by atoms with Crippen molar-refractivity contribution in [3.05, 3.63) is 0 Å². The first-order valence-electron chi connectivity index (χ1n) is 5.60. The molecule has 78 valence electrons. The maximum Gasteiger partial charge on any atom is 0.0937 e. The Kier molecular flexibility index (Phi) is 9.17. The summed E-state index contributed by atoms with van der Waals surface area (Å²) in [5, 5.41) is 0. The number of rotatable bonds is 8. The molecule has 2 N–H and O–H groups in total. The molecule has 0 aromatic carbocycles. The first kappa shape index (κ1) is 12.5. The van der Waals surface area contributed by atoms with Gasteiger partial charge in [-0.05, 0) is 12.8 Å². The van der Waals surface area contributed by atoms with E-state index in [-0.39, 0.29) is 0 Å². The van der Waals surface area contributed by atoms with Gasteiger partial charge in [0.1, 0.15) is 0 Å². The van der Waals surface area contributed by atoms with Crippen LogP contribution in [-0.4, -0.2) is 12.4 Å². The van der Waals surface area contributed by atoms with Gasteiger partial charge in [-0.3, -0.25) is 4.99 Å². The Labute approximate surface area is 82.6 Å². The Bertz CT molecular complexity index is 130. The molecule has 0 saturated carbocycles. The lowest BCUT2D eigenvalue weighted by molar-refractivity contribution is 0.673. The van der Waals surface area contributed by atoms with E-state index in [0.717, 1.165) is 18.8 Å². The SMILES string of the molecule is CCCCCCN=C(N)CCCC. The van der Waals surface area contributed by atoms with E-state index < -0.39 is 0 Å². The minimum absolute atomic E-state index is 0.846. The molecule has 0 rings (SSSR count). The van der Waals surface area contributed by atoms with Gasteiger partial charge in [-0.2, -0.15) is 0 Å². The van der Waals surface area contributed by atoms with Gasteiger partial charge < -0.3 is 5.73 Å². The van der Waals surface area contributed by atoms with Crippen LogP contribution in [0, 0.1) is 0 Å². The highest BCUT2D eigenvalue weighted by molar-refractivity contribution is 5.80. The third-order valence-electron chi connectivity index (χ3n) is 2.11. The Balaban J connectivity index is 3.25. The Morgan fingerprint density at radius 2 is 1.69 bits per heavy atom. The van der Waals surface area contributed by atoms with Gasteiger partial charge in [0.25, 0.3) is 0 Å². The molecule has 0 spiro atoms. The van der Waals surface area contributed by atoms with E-state index in [2.05, 4.69) is 18.8 Å². The lowest BCUT2D eigenvalue weighted by Crippen LogP contribution is -2.11. The summed E-state index contributed by atoms with van der Waals surface area (Å²) in [6, 6.07) is 0. The molecule has 0 atom stereocenters. The predicted octanol–water partition coefficient (Wildman–Crippen LogP) is 3.11. The molecule has 0 aliphatic carbocycles. The van der Waals surface area contributed by atoms with Crippen LogP contribution in [0.25, 0.3) is 0 Å². The quantitative estimate of drug-likeness (QED) is 0.351. The van der Waals surface area contributed by atoms with Crippen LogP contribution in [0.2, 0.25) is 0 Å². The maximum atomic E-state index is 5.72. The average Bonchev–Trinajstić information content (AvgIpc) is 2.14. The van der Waals surface area contributed by atoms with Crippen molar-refractivity contribution >= 4 is 5.84 Å². The molecule has 0 aliphatic rings. The van der Waals surface area contributed by atoms with Crippen molar-refractivity contribution < 1.29 is 0 Å². The third kappa shape index (κ3) is 9.38. The van der Waals surface area contributed by atoms with Gasteiger partial charge in [0.05, 0.1) is 5.84 Å². The molecule has 0 saturated heterocycles. The van der Waals surface area contributed by atoms with Gasteiger partial charge in [0.2, 0.25) is 0 Å². The first-order chi connectivity index (χ1) is 6.31. The van der Waals surface area contributed by atoms with Crippen LogP contribution in [0.3, 0.4) is 0 Å². The molecule has 0 amide bonds. The molecule has 13 heavy (non-hydrogen) atoms. The molecule has 0 aromatic rings. The number of unbranched alkanes of at least 4 members (excludes halogenated alkanes) is 4. The van der Waals surface area contributed by atoms with Crippen molar-refractivity contribution in [2.45, 2.75) is 58.8 Å². The summed E-state index contributed by atoms with van der Waals surface area (Å²) >= 11 is 0. The Morgan fingerprint density at radius 1 is 1.00 bits per heavy atom. The number of hydrogen-bond acceptors (Lipinski definition) is 1.